The van der Waals surface area contributed by atoms with Crippen LogP contribution >= 0.6 is 0 Å². The van der Waals surface area contributed by atoms with Crippen molar-refractivity contribution in [2.75, 3.05) is 12.4 Å². The third kappa shape index (κ3) is 4.73. The number of amides is 2. The largest absolute Gasteiger partial charge is 0.495 e. The number of nitrogens with zero attached hydrogens (tertiary/aromatic N) is 1. The van der Waals surface area contributed by atoms with Crippen LogP contribution in [-0.2, 0) is 6.54 Å². The molecule has 0 unspecified atom stereocenters. The molecule has 6 heteroatoms. The van der Waals surface area contributed by atoms with Gasteiger partial charge in [0.15, 0.2) is 0 Å². The first-order chi connectivity index (χ1) is 13.6. The number of aromatic nitrogens is 1. The van der Waals surface area contributed by atoms with Crippen LogP contribution in [0, 0.1) is 6.92 Å². The molecule has 28 heavy (non-hydrogen) atoms. The number of rotatable bonds is 6. The third-order valence-electron chi connectivity index (χ3n) is 4.15. The Kier molecular flexibility index (Phi) is 6.01. The van der Waals surface area contributed by atoms with Gasteiger partial charge in [-0.3, -0.25) is 14.6 Å². The lowest BCUT2D eigenvalue weighted by Crippen LogP contribution is -2.23. The number of carbonyl (C=O) groups excluding carboxylic acids is 2. The number of ether oxygens (including phenoxy) is 1. The average Bonchev–Trinajstić information content (AvgIpc) is 2.73. The van der Waals surface area contributed by atoms with Crippen molar-refractivity contribution in [2.45, 2.75) is 13.5 Å². The molecule has 0 fully saturated rings. The van der Waals surface area contributed by atoms with Gasteiger partial charge in [-0.15, -0.1) is 0 Å². The molecule has 0 saturated heterocycles. The number of aryl methyl sites for hydroxylation is 1. The fourth-order valence-corrected chi connectivity index (χ4v) is 2.69. The molecule has 2 aromatic carbocycles. The van der Waals surface area contributed by atoms with Gasteiger partial charge in [0.2, 0.25) is 0 Å². The van der Waals surface area contributed by atoms with Gasteiger partial charge in [-0.2, -0.15) is 0 Å². The molecule has 2 amide bonds. The quantitative estimate of drug-likeness (QED) is 0.690. The highest BCUT2D eigenvalue weighted by atomic mass is 16.5. The molecule has 6 nitrogen and oxygen atoms in total. The van der Waals surface area contributed by atoms with Crippen molar-refractivity contribution in [1.82, 2.24) is 10.3 Å². The first kappa shape index (κ1) is 19.1. The summed E-state index contributed by atoms with van der Waals surface area (Å²) in [6, 6.07) is 17.6. The van der Waals surface area contributed by atoms with Crippen LogP contribution in [0.5, 0.6) is 5.75 Å². The highest BCUT2D eigenvalue weighted by molar-refractivity contribution is 6.06. The standard InChI is InChI=1S/C22H21N3O3/c1-15-9-10-20(28-2)19(12-15)25-22(27)17-7-5-6-16(13-17)21(26)24-14-18-8-3-4-11-23-18/h3-13H,14H2,1-2H3,(H,24,26)(H,25,27). The van der Waals surface area contributed by atoms with E-state index in [1.807, 2.05) is 37.3 Å². The predicted octanol–water partition coefficient (Wildman–Crippen LogP) is 3.58. The maximum atomic E-state index is 12.6. The van der Waals surface area contributed by atoms with Crippen LogP contribution in [0.3, 0.4) is 0 Å². The Morgan fingerprint density at radius 2 is 1.75 bits per heavy atom. The Morgan fingerprint density at radius 3 is 2.46 bits per heavy atom. The van der Waals surface area contributed by atoms with Gasteiger partial charge in [0, 0.05) is 17.3 Å². The number of carbonyl (C=O) groups is 2. The summed E-state index contributed by atoms with van der Waals surface area (Å²) in [6.45, 7) is 2.25. The van der Waals surface area contributed by atoms with Crippen molar-refractivity contribution < 1.29 is 14.3 Å². The van der Waals surface area contributed by atoms with Gasteiger partial charge < -0.3 is 15.4 Å². The molecular weight excluding hydrogens is 354 g/mol. The molecule has 0 spiro atoms. The minimum absolute atomic E-state index is 0.270. The second-order valence-corrected chi connectivity index (χ2v) is 6.24. The van der Waals surface area contributed by atoms with E-state index in [4.69, 9.17) is 4.74 Å². The van der Waals surface area contributed by atoms with E-state index in [2.05, 4.69) is 15.6 Å². The molecule has 0 aliphatic carbocycles. The summed E-state index contributed by atoms with van der Waals surface area (Å²) in [7, 11) is 1.55. The van der Waals surface area contributed by atoms with Crippen molar-refractivity contribution in [3.8, 4) is 5.75 Å². The second kappa shape index (κ2) is 8.81. The summed E-state index contributed by atoms with van der Waals surface area (Å²) in [5.74, 6) is -0.0140. The molecule has 0 aliphatic heterocycles. The van der Waals surface area contributed by atoms with Gasteiger partial charge in [-0.05, 0) is 55.0 Å². The summed E-state index contributed by atoms with van der Waals surface area (Å²) in [4.78, 5) is 29.2. The number of methoxy groups -OCH3 is 1. The molecule has 0 saturated carbocycles. The predicted molar refractivity (Wildman–Crippen MR) is 108 cm³/mol. The summed E-state index contributed by atoms with van der Waals surface area (Å²) >= 11 is 0. The highest BCUT2D eigenvalue weighted by Gasteiger charge is 2.13. The maximum absolute atomic E-state index is 12.6. The molecule has 0 bridgehead atoms. The number of nitrogens with one attached hydrogen (secondary N) is 2. The molecule has 0 atom stereocenters. The summed E-state index contributed by atoms with van der Waals surface area (Å²) in [5, 5.41) is 5.64. The number of hydrogen-bond donors (Lipinski definition) is 2. The number of pyridine rings is 1. The van der Waals surface area contributed by atoms with Gasteiger partial charge in [0.05, 0.1) is 25.0 Å². The third-order valence-corrected chi connectivity index (χ3v) is 4.15. The van der Waals surface area contributed by atoms with Crippen LogP contribution in [-0.4, -0.2) is 23.9 Å². The molecular formula is C22H21N3O3. The molecule has 0 radical (unpaired) electrons. The minimum atomic E-state index is -0.316. The van der Waals surface area contributed by atoms with E-state index in [0.29, 0.717) is 29.1 Å². The van der Waals surface area contributed by atoms with Gasteiger partial charge in [0.25, 0.3) is 11.8 Å². The summed E-state index contributed by atoms with van der Waals surface area (Å²) in [6.07, 6.45) is 1.67. The molecule has 3 rings (SSSR count). The van der Waals surface area contributed by atoms with Crippen LogP contribution in [0.2, 0.25) is 0 Å². The van der Waals surface area contributed by atoms with Gasteiger partial charge >= 0.3 is 0 Å². The topological polar surface area (TPSA) is 80.3 Å². The van der Waals surface area contributed by atoms with Crippen molar-refractivity contribution in [3.63, 3.8) is 0 Å². The van der Waals surface area contributed by atoms with Crippen LogP contribution in [0.1, 0.15) is 32.0 Å². The fourth-order valence-electron chi connectivity index (χ4n) is 2.69. The van der Waals surface area contributed by atoms with Crippen molar-refractivity contribution >= 4 is 17.5 Å². The normalized spacial score (nSPS) is 10.2. The zero-order chi connectivity index (χ0) is 19.9. The lowest BCUT2D eigenvalue weighted by molar-refractivity contribution is 0.0950. The fraction of sp³-hybridized carbons (Fsp3) is 0.136. The molecule has 2 N–H and O–H groups in total. The Hall–Kier alpha value is -3.67. The van der Waals surface area contributed by atoms with Crippen LogP contribution in [0.25, 0.3) is 0 Å². The maximum Gasteiger partial charge on any atom is 0.255 e. The van der Waals surface area contributed by atoms with E-state index in [1.165, 1.54) is 0 Å². The van der Waals surface area contributed by atoms with E-state index in [1.54, 1.807) is 43.6 Å². The average molecular weight is 375 g/mol. The smallest absolute Gasteiger partial charge is 0.255 e. The molecule has 1 heterocycles. The van der Waals surface area contributed by atoms with Crippen molar-refractivity contribution in [2.24, 2.45) is 0 Å². The van der Waals surface area contributed by atoms with E-state index >= 15 is 0 Å². The zero-order valence-electron chi connectivity index (χ0n) is 15.7. The van der Waals surface area contributed by atoms with E-state index < -0.39 is 0 Å². The first-order valence-electron chi connectivity index (χ1n) is 8.81. The Balaban J connectivity index is 1.71. The highest BCUT2D eigenvalue weighted by Crippen LogP contribution is 2.25. The summed E-state index contributed by atoms with van der Waals surface area (Å²) in [5.41, 5.74) is 3.13. The van der Waals surface area contributed by atoms with Crippen LogP contribution < -0.4 is 15.4 Å². The lowest BCUT2D eigenvalue weighted by atomic mass is 10.1. The molecule has 1 aromatic heterocycles. The Bertz CT molecular complexity index is 987. The number of anilines is 1. The van der Waals surface area contributed by atoms with Crippen LogP contribution in [0.4, 0.5) is 5.69 Å². The number of hydrogen-bond acceptors (Lipinski definition) is 4. The zero-order valence-corrected chi connectivity index (χ0v) is 15.7. The monoisotopic (exact) mass is 375 g/mol. The molecule has 3 aromatic rings. The number of benzene rings is 2. The van der Waals surface area contributed by atoms with Crippen LogP contribution in [0.15, 0.2) is 66.9 Å². The van der Waals surface area contributed by atoms with Crippen molar-refractivity contribution in [3.05, 3.63) is 89.2 Å². The SMILES string of the molecule is COc1ccc(C)cc1NC(=O)c1cccc(C(=O)NCc2ccccn2)c1. The lowest BCUT2D eigenvalue weighted by Gasteiger charge is -2.11. The molecule has 142 valence electrons. The van der Waals surface area contributed by atoms with Crippen molar-refractivity contribution in [1.29, 1.82) is 0 Å². The Labute approximate surface area is 163 Å². The van der Waals surface area contributed by atoms with Gasteiger partial charge in [0.1, 0.15) is 5.75 Å². The molecule has 0 aliphatic rings. The van der Waals surface area contributed by atoms with Gasteiger partial charge in [-0.1, -0.05) is 18.2 Å². The second-order valence-electron chi connectivity index (χ2n) is 6.24. The van der Waals surface area contributed by atoms with Gasteiger partial charge in [-0.25, -0.2) is 0 Å². The minimum Gasteiger partial charge on any atom is -0.495 e. The van der Waals surface area contributed by atoms with E-state index in [9.17, 15) is 9.59 Å². The summed E-state index contributed by atoms with van der Waals surface area (Å²) < 4.78 is 5.29. The van der Waals surface area contributed by atoms with E-state index in [0.717, 1.165) is 11.3 Å². The van der Waals surface area contributed by atoms with E-state index in [-0.39, 0.29) is 11.8 Å². The Morgan fingerprint density at radius 1 is 0.964 bits per heavy atom. The first-order valence-corrected chi connectivity index (χ1v) is 8.81.